The van der Waals surface area contributed by atoms with Crippen LogP contribution in [0.4, 0.5) is 5.13 Å². The van der Waals surface area contributed by atoms with Crippen molar-refractivity contribution in [3.63, 3.8) is 0 Å². The van der Waals surface area contributed by atoms with Gasteiger partial charge in [-0.25, -0.2) is 0 Å². The number of aromatic nitrogens is 2. The van der Waals surface area contributed by atoms with Crippen molar-refractivity contribution < 1.29 is 28.9 Å². The van der Waals surface area contributed by atoms with Gasteiger partial charge in [-0.1, -0.05) is 83.2 Å². The number of carbonyl (C=O) groups excluding carboxylic acids is 2. The second-order valence-corrected chi connectivity index (χ2v) is 13.2. The molecule has 0 saturated carbocycles. The molecule has 1 saturated heterocycles. The van der Waals surface area contributed by atoms with Crippen molar-refractivity contribution in [2.24, 2.45) is 0 Å². The summed E-state index contributed by atoms with van der Waals surface area (Å²) in [6, 6.07) is 28.0. The largest absolute Gasteiger partial charge is 0.507 e. The molecule has 48 heavy (non-hydrogen) atoms. The molecular formula is C36H30ClN3O6S2. The molecule has 0 spiro atoms. The fraction of sp³-hybridized carbons (Fsp3) is 0.167. The number of hydrogen-bond donors (Lipinski definition) is 1. The zero-order valence-electron chi connectivity index (χ0n) is 26.0. The second kappa shape index (κ2) is 14.9. The summed E-state index contributed by atoms with van der Waals surface area (Å²) >= 11 is 8.66. The van der Waals surface area contributed by atoms with E-state index in [1.165, 1.54) is 35.1 Å². The molecule has 1 unspecified atom stereocenters. The summed E-state index contributed by atoms with van der Waals surface area (Å²) in [6.45, 7) is 2.52. The molecule has 1 amide bonds. The summed E-state index contributed by atoms with van der Waals surface area (Å²) in [5.74, 6) is 0.101. The summed E-state index contributed by atoms with van der Waals surface area (Å²) in [5, 5.41) is 21.1. The van der Waals surface area contributed by atoms with Gasteiger partial charge in [0.25, 0.3) is 5.78 Å². The molecule has 244 valence electrons. The van der Waals surface area contributed by atoms with E-state index >= 15 is 0 Å². The highest BCUT2D eigenvalue weighted by Crippen LogP contribution is 2.46. The van der Waals surface area contributed by atoms with Crippen molar-refractivity contribution in [2.75, 3.05) is 18.6 Å². The lowest BCUT2D eigenvalue weighted by Gasteiger charge is -2.23. The second-order valence-electron chi connectivity index (χ2n) is 10.6. The summed E-state index contributed by atoms with van der Waals surface area (Å²) in [6.07, 6.45) is 0. The molecule has 0 bridgehead atoms. The predicted molar refractivity (Wildman–Crippen MR) is 187 cm³/mol. The molecule has 0 radical (unpaired) electrons. The van der Waals surface area contributed by atoms with Gasteiger partial charge in [-0.2, -0.15) is 0 Å². The highest BCUT2D eigenvalue weighted by atomic mass is 35.5. The number of carbonyl (C=O) groups is 2. The van der Waals surface area contributed by atoms with Crippen molar-refractivity contribution in [1.82, 2.24) is 10.2 Å². The number of benzene rings is 4. The highest BCUT2D eigenvalue weighted by molar-refractivity contribution is 8.00. The molecule has 1 fully saturated rings. The lowest BCUT2D eigenvalue weighted by Crippen LogP contribution is -2.29. The Labute approximate surface area is 290 Å². The van der Waals surface area contributed by atoms with E-state index in [2.05, 4.69) is 10.2 Å². The number of aliphatic hydroxyl groups excluding tert-OH is 1. The zero-order valence-corrected chi connectivity index (χ0v) is 28.3. The maximum absolute atomic E-state index is 13.8. The van der Waals surface area contributed by atoms with E-state index < -0.39 is 17.7 Å². The average molecular weight is 700 g/mol. The van der Waals surface area contributed by atoms with Crippen molar-refractivity contribution >= 4 is 57.3 Å². The standard InChI is InChI=1S/C36H30ClN3O6S2/c1-3-45-29-19-25(13-18-28(29)46-20-22-7-5-4-6-8-22)31-30(32(41)24-11-16-27(44-2)17-12-24)33(42)34(43)40(31)35-38-39-36(48-35)47-21-23-9-14-26(37)15-10-23/h4-19,31,41H,3,20-21H2,1-2H3. The van der Waals surface area contributed by atoms with E-state index in [1.54, 1.807) is 42.5 Å². The number of ketones is 1. The Kier molecular flexibility index (Phi) is 10.3. The summed E-state index contributed by atoms with van der Waals surface area (Å²) in [5.41, 5.74) is 2.81. The van der Waals surface area contributed by atoms with Crippen LogP contribution < -0.4 is 19.1 Å². The van der Waals surface area contributed by atoms with Crippen LogP contribution in [0.3, 0.4) is 0 Å². The van der Waals surface area contributed by atoms with Gasteiger partial charge >= 0.3 is 5.91 Å². The van der Waals surface area contributed by atoms with Gasteiger partial charge in [-0.05, 0) is 72.1 Å². The van der Waals surface area contributed by atoms with Crippen LogP contribution in [0.25, 0.3) is 5.76 Å². The van der Waals surface area contributed by atoms with Crippen molar-refractivity contribution in [2.45, 2.75) is 29.7 Å². The third kappa shape index (κ3) is 7.18. The number of nitrogens with zero attached hydrogens (tertiary/aromatic N) is 3. The molecule has 1 atom stereocenters. The quantitative estimate of drug-likeness (QED) is 0.0454. The van der Waals surface area contributed by atoms with Crippen LogP contribution in [-0.2, 0) is 21.9 Å². The van der Waals surface area contributed by atoms with E-state index in [1.807, 2.05) is 61.5 Å². The van der Waals surface area contributed by atoms with Gasteiger partial charge in [-0.3, -0.25) is 14.5 Å². The van der Waals surface area contributed by atoms with E-state index in [9.17, 15) is 14.7 Å². The van der Waals surface area contributed by atoms with Crippen LogP contribution in [0.1, 0.15) is 35.2 Å². The van der Waals surface area contributed by atoms with E-state index in [4.69, 9.17) is 25.8 Å². The first-order chi connectivity index (χ1) is 23.4. The Morgan fingerprint density at radius 1 is 0.917 bits per heavy atom. The van der Waals surface area contributed by atoms with Gasteiger partial charge in [0.05, 0.1) is 25.3 Å². The van der Waals surface area contributed by atoms with E-state index in [0.29, 0.717) is 56.7 Å². The molecule has 1 aliphatic heterocycles. The van der Waals surface area contributed by atoms with E-state index in [-0.39, 0.29) is 16.5 Å². The molecule has 6 rings (SSSR count). The Balaban J connectivity index is 1.39. The molecule has 2 heterocycles. The molecule has 1 N–H and O–H groups in total. The molecule has 1 aromatic heterocycles. The Hall–Kier alpha value is -4.84. The minimum absolute atomic E-state index is 0.0869. The first-order valence-electron chi connectivity index (χ1n) is 15.0. The Morgan fingerprint density at radius 2 is 1.67 bits per heavy atom. The number of amides is 1. The van der Waals surface area contributed by atoms with Crippen LogP contribution in [-0.4, -0.2) is 40.7 Å². The summed E-state index contributed by atoms with van der Waals surface area (Å²) in [4.78, 5) is 28.8. The Bertz CT molecular complexity index is 1950. The smallest absolute Gasteiger partial charge is 0.301 e. The van der Waals surface area contributed by atoms with Gasteiger partial charge in [0.15, 0.2) is 15.8 Å². The fourth-order valence-corrected chi connectivity index (χ4v) is 7.10. The lowest BCUT2D eigenvalue weighted by molar-refractivity contribution is -0.132. The Morgan fingerprint density at radius 3 is 2.38 bits per heavy atom. The number of rotatable bonds is 12. The lowest BCUT2D eigenvalue weighted by atomic mass is 9.95. The number of halogens is 1. The minimum Gasteiger partial charge on any atom is -0.507 e. The SMILES string of the molecule is CCOc1cc(C2C(=C(O)c3ccc(OC)cc3)C(=O)C(=O)N2c2nnc(SCc3ccc(Cl)cc3)s2)ccc1OCc1ccccc1. The van der Waals surface area contributed by atoms with Crippen LogP contribution in [0, 0.1) is 0 Å². The molecular weight excluding hydrogens is 670 g/mol. The number of aliphatic hydroxyl groups is 1. The van der Waals surface area contributed by atoms with Gasteiger partial charge in [0.1, 0.15) is 18.1 Å². The average Bonchev–Trinajstić information content (AvgIpc) is 3.69. The number of ether oxygens (including phenoxy) is 3. The number of hydrogen-bond acceptors (Lipinski definition) is 10. The van der Waals surface area contributed by atoms with Crippen LogP contribution >= 0.6 is 34.7 Å². The third-order valence-electron chi connectivity index (χ3n) is 7.51. The molecule has 4 aromatic carbocycles. The number of methoxy groups -OCH3 is 1. The minimum atomic E-state index is -1.03. The first kappa shape index (κ1) is 33.1. The normalized spacial score (nSPS) is 15.5. The summed E-state index contributed by atoms with van der Waals surface area (Å²) in [7, 11) is 1.54. The molecule has 9 nitrogen and oxygen atoms in total. The van der Waals surface area contributed by atoms with Crippen molar-refractivity contribution in [1.29, 1.82) is 0 Å². The number of anilines is 1. The van der Waals surface area contributed by atoms with E-state index in [0.717, 1.165) is 11.1 Å². The molecule has 1 aliphatic rings. The maximum Gasteiger partial charge on any atom is 0.301 e. The fourth-order valence-electron chi connectivity index (χ4n) is 5.15. The monoisotopic (exact) mass is 699 g/mol. The first-order valence-corrected chi connectivity index (χ1v) is 17.1. The highest BCUT2D eigenvalue weighted by Gasteiger charge is 2.48. The number of thioether (sulfide) groups is 1. The maximum atomic E-state index is 13.8. The van der Waals surface area contributed by atoms with Crippen molar-refractivity contribution in [3.05, 3.63) is 130 Å². The van der Waals surface area contributed by atoms with Crippen molar-refractivity contribution in [3.8, 4) is 17.2 Å². The topological polar surface area (TPSA) is 111 Å². The van der Waals surface area contributed by atoms with Crippen LogP contribution in [0.2, 0.25) is 5.02 Å². The van der Waals surface area contributed by atoms with Gasteiger partial charge < -0.3 is 19.3 Å². The van der Waals surface area contributed by atoms with Crippen LogP contribution in [0.15, 0.2) is 107 Å². The molecule has 12 heteroatoms. The van der Waals surface area contributed by atoms with Gasteiger partial charge in [0.2, 0.25) is 5.13 Å². The van der Waals surface area contributed by atoms with Gasteiger partial charge in [0, 0.05) is 16.3 Å². The number of Topliss-reactive ketones (excluding diaryl/α,β-unsaturated/α-hetero) is 1. The van der Waals surface area contributed by atoms with Gasteiger partial charge in [-0.15, -0.1) is 10.2 Å². The zero-order chi connectivity index (χ0) is 33.6. The third-order valence-corrected chi connectivity index (χ3v) is 9.88. The van der Waals surface area contributed by atoms with Crippen LogP contribution in [0.5, 0.6) is 17.2 Å². The molecule has 5 aromatic rings. The summed E-state index contributed by atoms with van der Waals surface area (Å²) < 4.78 is 17.9. The molecule has 0 aliphatic carbocycles. The predicted octanol–water partition coefficient (Wildman–Crippen LogP) is 8.10.